The molecule has 2 aromatic carbocycles. The van der Waals surface area contributed by atoms with Gasteiger partial charge in [0.15, 0.2) is 11.5 Å². The molecule has 0 saturated carbocycles. The van der Waals surface area contributed by atoms with Crippen molar-refractivity contribution in [3.8, 4) is 17.3 Å². The summed E-state index contributed by atoms with van der Waals surface area (Å²) in [5.41, 5.74) is 9.38. The van der Waals surface area contributed by atoms with Crippen molar-refractivity contribution in [1.29, 1.82) is 0 Å². The molecule has 134 valence electrons. The van der Waals surface area contributed by atoms with Crippen molar-refractivity contribution in [1.82, 2.24) is 19.9 Å². The number of rotatable bonds is 5. The highest BCUT2D eigenvalue weighted by Crippen LogP contribution is 2.18. The van der Waals surface area contributed by atoms with Gasteiger partial charge in [0.1, 0.15) is 0 Å². The van der Waals surface area contributed by atoms with E-state index < -0.39 is 5.91 Å². The molecule has 0 radical (unpaired) electrons. The van der Waals surface area contributed by atoms with Gasteiger partial charge in [-0.25, -0.2) is 4.68 Å². The lowest BCUT2D eigenvalue weighted by atomic mass is 10.1. The van der Waals surface area contributed by atoms with E-state index in [4.69, 9.17) is 10.3 Å². The van der Waals surface area contributed by atoms with Gasteiger partial charge in [-0.3, -0.25) is 4.79 Å². The molecule has 0 bridgehead atoms. The largest absolute Gasteiger partial charge is 0.366 e. The Morgan fingerprint density at radius 3 is 2.74 bits per heavy atom. The van der Waals surface area contributed by atoms with Crippen LogP contribution in [0.2, 0.25) is 0 Å². The molecule has 4 rings (SSSR count). The summed E-state index contributed by atoms with van der Waals surface area (Å²) in [5.74, 6) is 0.394. The fourth-order valence-electron chi connectivity index (χ4n) is 2.73. The number of hydrogen-bond acceptors (Lipinski definition) is 5. The van der Waals surface area contributed by atoms with Gasteiger partial charge in [-0.15, -0.1) is 0 Å². The zero-order chi connectivity index (χ0) is 18.8. The number of nitrogens with two attached hydrogens (primary N) is 1. The number of amides is 1. The van der Waals surface area contributed by atoms with E-state index in [1.54, 1.807) is 22.9 Å². The van der Waals surface area contributed by atoms with Gasteiger partial charge in [-0.2, -0.15) is 10.1 Å². The Bertz CT molecular complexity index is 1100. The predicted octanol–water partition coefficient (Wildman–Crippen LogP) is 2.92. The summed E-state index contributed by atoms with van der Waals surface area (Å²) in [5, 5.41) is 8.50. The molecule has 0 fully saturated rings. The zero-order valence-electron chi connectivity index (χ0n) is 14.7. The van der Waals surface area contributed by atoms with E-state index in [-0.39, 0.29) is 0 Å². The maximum Gasteiger partial charge on any atom is 0.278 e. The van der Waals surface area contributed by atoms with Crippen LogP contribution in [0.25, 0.3) is 17.3 Å². The molecule has 4 aromatic rings. The van der Waals surface area contributed by atoms with Crippen LogP contribution in [0.4, 0.5) is 0 Å². The van der Waals surface area contributed by atoms with E-state index in [0.29, 0.717) is 29.4 Å². The number of hydrogen-bond donors (Lipinski definition) is 1. The summed E-state index contributed by atoms with van der Waals surface area (Å²) >= 11 is 0. The van der Waals surface area contributed by atoms with Crippen LogP contribution in [0.5, 0.6) is 0 Å². The monoisotopic (exact) mass is 359 g/mol. The molecule has 2 aromatic heterocycles. The van der Waals surface area contributed by atoms with E-state index in [0.717, 1.165) is 11.3 Å². The van der Waals surface area contributed by atoms with E-state index in [1.807, 2.05) is 49.5 Å². The third kappa shape index (κ3) is 3.62. The van der Waals surface area contributed by atoms with Crippen LogP contribution >= 0.6 is 0 Å². The highest BCUT2D eigenvalue weighted by atomic mass is 16.5. The average Bonchev–Trinajstić information content (AvgIpc) is 3.32. The third-order valence-corrected chi connectivity index (χ3v) is 4.15. The highest BCUT2D eigenvalue weighted by molar-refractivity contribution is 5.92. The van der Waals surface area contributed by atoms with Crippen LogP contribution in [0.15, 0.2) is 65.3 Å². The number of aryl methyl sites for hydroxylation is 1. The second kappa shape index (κ2) is 6.87. The van der Waals surface area contributed by atoms with E-state index in [2.05, 4.69) is 15.2 Å². The number of nitrogens with zero attached hydrogens (tertiary/aromatic N) is 4. The summed E-state index contributed by atoms with van der Waals surface area (Å²) in [6, 6.07) is 16.9. The van der Waals surface area contributed by atoms with Crippen LogP contribution in [0, 0.1) is 6.92 Å². The molecule has 2 heterocycles. The normalized spacial score (nSPS) is 10.9. The Labute approximate surface area is 155 Å². The van der Waals surface area contributed by atoms with Crippen molar-refractivity contribution in [2.75, 3.05) is 0 Å². The Balaban J connectivity index is 1.54. The maximum absolute atomic E-state index is 11.3. The van der Waals surface area contributed by atoms with Gasteiger partial charge < -0.3 is 10.3 Å². The van der Waals surface area contributed by atoms with Crippen molar-refractivity contribution >= 4 is 5.91 Å². The smallest absolute Gasteiger partial charge is 0.278 e. The first-order chi connectivity index (χ1) is 13.1. The predicted molar refractivity (Wildman–Crippen MR) is 99.4 cm³/mol. The van der Waals surface area contributed by atoms with Crippen molar-refractivity contribution in [3.63, 3.8) is 0 Å². The molecule has 7 heteroatoms. The molecule has 27 heavy (non-hydrogen) atoms. The van der Waals surface area contributed by atoms with Crippen LogP contribution in [-0.2, 0) is 6.42 Å². The summed E-state index contributed by atoms with van der Waals surface area (Å²) in [6.07, 6.45) is 2.28. The number of benzene rings is 2. The second-order valence-corrected chi connectivity index (χ2v) is 6.24. The van der Waals surface area contributed by atoms with Gasteiger partial charge in [-0.1, -0.05) is 35.0 Å². The van der Waals surface area contributed by atoms with Gasteiger partial charge in [0.25, 0.3) is 5.89 Å². The standard InChI is InChI=1S/C20H17N5O2/c1-13-5-7-16(8-6-13)25-10-9-17(23-25)20-22-18(24-27-20)12-14-3-2-4-15(11-14)19(21)26/h2-11H,12H2,1H3,(H2,21,26). The van der Waals surface area contributed by atoms with Crippen LogP contribution < -0.4 is 5.73 Å². The van der Waals surface area contributed by atoms with Crippen LogP contribution in [0.3, 0.4) is 0 Å². The molecule has 1 amide bonds. The summed E-state index contributed by atoms with van der Waals surface area (Å²) in [4.78, 5) is 15.7. The van der Waals surface area contributed by atoms with Crippen molar-refractivity contribution in [2.45, 2.75) is 13.3 Å². The lowest BCUT2D eigenvalue weighted by Crippen LogP contribution is -2.11. The molecule has 0 aliphatic rings. The van der Waals surface area contributed by atoms with Crippen molar-refractivity contribution in [2.24, 2.45) is 5.73 Å². The maximum atomic E-state index is 11.3. The minimum Gasteiger partial charge on any atom is -0.366 e. The first kappa shape index (κ1) is 16.7. The first-order valence-electron chi connectivity index (χ1n) is 8.43. The fraction of sp³-hybridized carbons (Fsp3) is 0.100. The third-order valence-electron chi connectivity index (χ3n) is 4.15. The molecule has 0 atom stereocenters. The van der Waals surface area contributed by atoms with Gasteiger partial charge in [0.05, 0.1) is 5.69 Å². The average molecular weight is 359 g/mol. The van der Waals surface area contributed by atoms with Crippen molar-refractivity contribution < 1.29 is 9.32 Å². The van der Waals surface area contributed by atoms with Crippen LogP contribution in [-0.4, -0.2) is 25.8 Å². The molecule has 0 spiro atoms. The van der Waals surface area contributed by atoms with Gasteiger partial charge >= 0.3 is 0 Å². The highest BCUT2D eigenvalue weighted by Gasteiger charge is 2.13. The summed E-state index contributed by atoms with van der Waals surface area (Å²) < 4.78 is 7.10. The number of carbonyl (C=O) groups is 1. The Hall–Kier alpha value is -3.74. The molecule has 2 N–H and O–H groups in total. The Kier molecular flexibility index (Phi) is 4.25. The minimum absolute atomic E-state index is 0.349. The molecule has 0 aliphatic carbocycles. The Morgan fingerprint density at radius 1 is 1.15 bits per heavy atom. The molecule has 0 unspecified atom stereocenters. The van der Waals surface area contributed by atoms with Crippen molar-refractivity contribution in [3.05, 3.63) is 83.3 Å². The topological polar surface area (TPSA) is 99.8 Å². The van der Waals surface area contributed by atoms with E-state index >= 15 is 0 Å². The SMILES string of the molecule is Cc1ccc(-n2ccc(-c3nc(Cc4cccc(C(N)=O)c4)no3)n2)cc1. The van der Waals surface area contributed by atoms with Gasteiger partial charge in [-0.05, 0) is 42.8 Å². The first-order valence-corrected chi connectivity index (χ1v) is 8.43. The van der Waals surface area contributed by atoms with Crippen LogP contribution in [0.1, 0.15) is 27.3 Å². The molecular formula is C20H17N5O2. The lowest BCUT2D eigenvalue weighted by Gasteiger charge is -2.00. The minimum atomic E-state index is -0.465. The number of carbonyl (C=O) groups excluding carboxylic acids is 1. The zero-order valence-corrected chi connectivity index (χ0v) is 14.7. The summed E-state index contributed by atoms with van der Waals surface area (Å²) in [7, 11) is 0. The van der Waals surface area contributed by atoms with E-state index in [9.17, 15) is 4.79 Å². The molecule has 0 saturated heterocycles. The van der Waals surface area contributed by atoms with Gasteiger partial charge in [0.2, 0.25) is 5.91 Å². The van der Waals surface area contributed by atoms with E-state index in [1.165, 1.54) is 5.56 Å². The quantitative estimate of drug-likeness (QED) is 0.590. The Morgan fingerprint density at radius 2 is 1.96 bits per heavy atom. The summed E-state index contributed by atoms with van der Waals surface area (Å²) in [6.45, 7) is 2.04. The fourth-order valence-corrected chi connectivity index (χ4v) is 2.73. The van der Waals surface area contributed by atoms with Gasteiger partial charge in [0, 0.05) is 18.2 Å². The lowest BCUT2D eigenvalue weighted by molar-refractivity contribution is 0.1000. The number of aromatic nitrogens is 4. The number of primary amides is 1. The molecule has 0 aliphatic heterocycles. The molecular weight excluding hydrogens is 342 g/mol. The second-order valence-electron chi connectivity index (χ2n) is 6.24. The molecule has 7 nitrogen and oxygen atoms in total.